The number of nitrogens with zero attached hydrogens (tertiary/aromatic N) is 2. The van der Waals surface area contributed by atoms with Gasteiger partial charge >= 0.3 is 0 Å². The van der Waals surface area contributed by atoms with Crippen molar-refractivity contribution in [3.63, 3.8) is 0 Å². The Morgan fingerprint density at radius 1 is 0.952 bits per heavy atom. The Morgan fingerprint density at radius 2 is 1.67 bits per heavy atom. The molecule has 0 amide bonds. The van der Waals surface area contributed by atoms with Crippen LogP contribution in [0, 0.1) is 11.6 Å². The van der Waals surface area contributed by atoms with Crippen molar-refractivity contribution in [1.29, 1.82) is 0 Å². The third-order valence-corrected chi connectivity index (χ3v) is 3.45. The van der Waals surface area contributed by atoms with E-state index in [0.717, 1.165) is 24.5 Å². The SMILES string of the molecule is CCCCCCCc1cnc(-c2ccc(F)cc2F)nc1. The molecule has 0 bridgehead atoms. The molecule has 1 heterocycles. The molecule has 2 nitrogen and oxygen atoms in total. The lowest BCUT2D eigenvalue weighted by Crippen LogP contribution is -1.95. The van der Waals surface area contributed by atoms with Crippen molar-refractivity contribution in [2.24, 2.45) is 0 Å². The summed E-state index contributed by atoms with van der Waals surface area (Å²) in [6.07, 6.45) is 10.5. The summed E-state index contributed by atoms with van der Waals surface area (Å²) in [7, 11) is 0. The summed E-state index contributed by atoms with van der Waals surface area (Å²) in [5, 5.41) is 0. The van der Waals surface area contributed by atoms with E-state index in [1.807, 2.05) is 0 Å². The Kier molecular flexibility index (Phi) is 5.78. The number of halogens is 2. The summed E-state index contributed by atoms with van der Waals surface area (Å²) in [6, 6.07) is 3.42. The Bertz CT molecular complexity index is 568. The van der Waals surface area contributed by atoms with Gasteiger partial charge < -0.3 is 0 Å². The van der Waals surface area contributed by atoms with Crippen molar-refractivity contribution in [3.05, 3.63) is 47.8 Å². The number of hydrogen-bond donors (Lipinski definition) is 0. The van der Waals surface area contributed by atoms with E-state index in [4.69, 9.17) is 0 Å². The van der Waals surface area contributed by atoms with Crippen molar-refractivity contribution < 1.29 is 8.78 Å². The van der Waals surface area contributed by atoms with Gasteiger partial charge in [0, 0.05) is 18.5 Å². The second-order valence-electron chi connectivity index (χ2n) is 5.20. The van der Waals surface area contributed by atoms with E-state index < -0.39 is 11.6 Å². The second-order valence-corrected chi connectivity index (χ2v) is 5.20. The molecular weight excluding hydrogens is 270 g/mol. The highest BCUT2D eigenvalue weighted by atomic mass is 19.1. The van der Waals surface area contributed by atoms with Gasteiger partial charge in [-0.15, -0.1) is 0 Å². The molecule has 1 aromatic heterocycles. The topological polar surface area (TPSA) is 25.8 Å². The van der Waals surface area contributed by atoms with Gasteiger partial charge in [-0.3, -0.25) is 0 Å². The summed E-state index contributed by atoms with van der Waals surface area (Å²) in [5.41, 5.74) is 1.28. The molecule has 2 aromatic rings. The van der Waals surface area contributed by atoms with Gasteiger partial charge in [0.1, 0.15) is 11.6 Å². The third kappa shape index (κ3) is 4.59. The molecule has 2 rings (SSSR count). The maximum Gasteiger partial charge on any atom is 0.162 e. The highest BCUT2D eigenvalue weighted by Crippen LogP contribution is 2.19. The number of aryl methyl sites for hydroxylation is 1. The van der Waals surface area contributed by atoms with Crippen LogP contribution in [0.5, 0.6) is 0 Å². The molecule has 0 radical (unpaired) electrons. The first-order chi connectivity index (χ1) is 10.2. The summed E-state index contributed by atoms with van der Waals surface area (Å²) in [4.78, 5) is 8.36. The predicted octanol–water partition coefficient (Wildman–Crippen LogP) is 4.93. The van der Waals surface area contributed by atoms with Crippen LogP contribution < -0.4 is 0 Å². The van der Waals surface area contributed by atoms with E-state index in [0.29, 0.717) is 5.82 Å². The molecule has 0 saturated heterocycles. The molecule has 0 aliphatic carbocycles. The molecule has 4 heteroatoms. The first-order valence-corrected chi connectivity index (χ1v) is 7.47. The zero-order valence-electron chi connectivity index (χ0n) is 12.3. The fraction of sp³-hybridized carbons (Fsp3) is 0.412. The maximum absolute atomic E-state index is 13.6. The molecular formula is C17H20F2N2. The van der Waals surface area contributed by atoms with Crippen LogP contribution in [-0.2, 0) is 6.42 Å². The minimum absolute atomic E-state index is 0.228. The van der Waals surface area contributed by atoms with Crippen LogP contribution in [0.15, 0.2) is 30.6 Å². The molecule has 0 saturated carbocycles. The normalized spacial score (nSPS) is 10.8. The molecule has 0 aliphatic heterocycles. The van der Waals surface area contributed by atoms with E-state index in [-0.39, 0.29) is 5.56 Å². The van der Waals surface area contributed by atoms with E-state index in [1.165, 1.54) is 37.8 Å². The van der Waals surface area contributed by atoms with E-state index in [1.54, 1.807) is 12.4 Å². The van der Waals surface area contributed by atoms with Crippen LogP contribution >= 0.6 is 0 Å². The van der Waals surface area contributed by atoms with Crippen molar-refractivity contribution in [1.82, 2.24) is 9.97 Å². The maximum atomic E-state index is 13.6. The first-order valence-electron chi connectivity index (χ1n) is 7.47. The molecule has 0 N–H and O–H groups in total. The van der Waals surface area contributed by atoms with Crippen LogP contribution in [0.3, 0.4) is 0 Å². The Hall–Kier alpha value is -1.84. The lowest BCUT2D eigenvalue weighted by atomic mass is 10.1. The standard InChI is InChI=1S/C17H20F2N2/c1-2-3-4-5-6-7-13-11-20-17(21-12-13)15-9-8-14(18)10-16(15)19/h8-12H,2-7H2,1H3. The molecule has 0 fully saturated rings. The monoisotopic (exact) mass is 290 g/mol. The van der Waals surface area contributed by atoms with Crippen LogP contribution in [0.4, 0.5) is 8.78 Å². The summed E-state index contributed by atoms with van der Waals surface area (Å²) in [6.45, 7) is 2.20. The Morgan fingerprint density at radius 3 is 2.33 bits per heavy atom. The van der Waals surface area contributed by atoms with E-state index in [2.05, 4.69) is 16.9 Å². The van der Waals surface area contributed by atoms with Gasteiger partial charge in [-0.1, -0.05) is 32.6 Å². The highest BCUT2D eigenvalue weighted by molar-refractivity contribution is 5.55. The summed E-state index contributed by atoms with van der Waals surface area (Å²) >= 11 is 0. The Balaban J connectivity index is 1.95. The molecule has 21 heavy (non-hydrogen) atoms. The number of hydrogen-bond acceptors (Lipinski definition) is 2. The fourth-order valence-corrected chi connectivity index (χ4v) is 2.23. The number of unbranched alkanes of at least 4 members (excludes halogenated alkanes) is 4. The van der Waals surface area contributed by atoms with Crippen LogP contribution in [-0.4, -0.2) is 9.97 Å². The van der Waals surface area contributed by atoms with Gasteiger partial charge in [-0.2, -0.15) is 0 Å². The quantitative estimate of drug-likeness (QED) is 0.675. The van der Waals surface area contributed by atoms with Crippen molar-refractivity contribution >= 4 is 0 Å². The average molecular weight is 290 g/mol. The van der Waals surface area contributed by atoms with Gasteiger partial charge in [-0.25, -0.2) is 18.7 Å². The van der Waals surface area contributed by atoms with Crippen LogP contribution in [0.1, 0.15) is 44.6 Å². The van der Waals surface area contributed by atoms with Gasteiger partial charge in [0.05, 0.1) is 5.56 Å². The second kappa shape index (κ2) is 7.81. The largest absolute Gasteiger partial charge is 0.236 e. The van der Waals surface area contributed by atoms with Crippen LogP contribution in [0.2, 0.25) is 0 Å². The zero-order chi connectivity index (χ0) is 15.1. The average Bonchev–Trinajstić information content (AvgIpc) is 2.48. The molecule has 112 valence electrons. The number of rotatable bonds is 7. The molecule has 1 aromatic carbocycles. The molecule has 0 atom stereocenters. The van der Waals surface area contributed by atoms with Crippen molar-refractivity contribution in [2.75, 3.05) is 0 Å². The van der Waals surface area contributed by atoms with Crippen molar-refractivity contribution in [2.45, 2.75) is 45.4 Å². The van der Waals surface area contributed by atoms with Gasteiger partial charge in [-0.05, 0) is 30.5 Å². The van der Waals surface area contributed by atoms with Gasteiger partial charge in [0.25, 0.3) is 0 Å². The minimum Gasteiger partial charge on any atom is -0.236 e. The van der Waals surface area contributed by atoms with Gasteiger partial charge in [0.2, 0.25) is 0 Å². The first kappa shape index (κ1) is 15.5. The van der Waals surface area contributed by atoms with Crippen LogP contribution in [0.25, 0.3) is 11.4 Å². The fourth-order valence-electron chi connectivity index (χ4n) is 2.23. The van der Waals surface area contributed by atoms with E-state index >= 15 is 0 Å². The smallest absolute Gasteiger partial charge is 0.162 e. The molecule has 0 spiro atoms. The molecule has 0 unspecified atom stereocenters. The predicted molar refractivity (Wildman–Crippen MR) is 79.8 cm³/mol. The highest BCUT2D eigenvalue weighted by Gasteiger charge is 2.08. The Labute approximate surface area is 124 Å². The summed E-state index contributed by atoms with van der Waals surface area (Å²) in [5.74, 6) is -0.940. The zero-order valence-corrected chi connectivity index (χ0v) is 12.3. The summed E-state index contributed by atoms with van der Waals surface area (Å²) < 4.78 is 26.5. The number of aromatic nitrogens is 2. The van der Waals surface area contributed by atoms with Gasteiger partial charge in [0.15, 0.2) is 5.82 Å². The minimum atomic E-state index is -0.637. The molecule has 0 aliphatic rings. The number of benzene rings is 1. The lowest BCUT2D eigenvalue weighted by molar-refractivity contribution is 0.585. The lowest BCUT2D eigenvalue weighted by Gasteiger charge is -2.04. The third-order valence-electron chi connectivity index (χ3n) is 3.45. The van der Waals surface area contributed by atoms with E-state index in [9.17, 15) is 8.78 Å². The van der Waals surface area contributed by atoms with Crippen molar-refractivity contribution in [3.8, 4) is 11.4 Å².